The van der Waals surface area contributed by atoms with Crippen molar-refractivity contribution >= 4 is 5.69 Å². The lowest BCUT2D eigenvalue weighted by atomic mass is 9.98. The quantitative estimate of drug-likeness (QED) is 0.822. The number of aliphatic hydroxyl groups is 1. The van der Waals surface area contributed by atoms with Crippen molar-refractivity contribution < 1.29 is 5.11 Å². The number of hydrogen-bond donors (Lipinski definition) is 1. The molecule has 0 aliphatic heterocycles. The zero-order chi connectivity index (χ0) is 11.6. The van der Waals surface area contributed by atoms with Crippen LogP contribution in [0.3, 0.4) is 0 Å². The highest BCUT2D eigenvalue weighted by Crippen LogP contribution is 2.28. The van der Waals surface area contributed by atoms with Crippen LogP contribution in [0, 0.1) is 27.7 Å². The smallest absolute Gasteiger partial charge is 0.0606 e. The van der Waals surface area contributed by atoms with Gasteiger partial charge in [-0.05, 0) is 49.9 Å². The Balaban J connectivity index is 3.26. The average Bonchev–Trinajstić information content (AvgIpc) is 2.16. The molecule has 0 aliphatic rings. The molecule has 0 unspecified atom stereocenters. The van der Waals surface area contributed by atoms with E-state index in [2.05, 4.69) is 38.7 Å². The van der Waals surface area contributed by atoms with Crippen molar-refractivity contribution in [1.82, 2.24) is 0 Å². The number of aliphatic hydroxyl groups excluding tert-OH is 1. The van der Waals surface area contributed by atoms with Crippen molar-refractivity contribution in [3.8, 4) is 0 Å². The molecule has 0 aliphatic carbocycles. The minimum absolute atomic E-state index is 0.197. The first-order valence-electron chi connectivity index (χ1n) is 5.38. The molecule has 0 heterocycles. The molecule has 2 nitrogen and oxygen atoms in total. The van der Waals surface area contributed by atoms with Gasteiger partial charge in [0.2, 0.25) is 0 Å². The molecular formula is C13H21NO. The van der Waals surface area contributed by atoms with Gasteiger partial charge in [-0.25, -0.2) is 0 Å². The number of aryl methyl sites for hydroxylation is 2. The molecule has 0 saturated heterocycles. The van der Waals surface area contributed by atoms with Crippen LogP contribution in [0.4, 0.5) is 5.69 Å². The summed E-state index contributed by atoms with van der Waals surface area (Å²) in [6.45, 7) is 9.44. The molecule has 0 atom stereocenters. The fourth-order valence-corrected chi connectivity index (χ4v) is 2.03. The molecule has 0 aromatic heterocycles. The Labute approximate surface area is 92.5 Å². The van der Waals surface area contributed by atoms with Gasteiger partial charge in [-0.3, -0.25) is 0 Å². The van der Waals surface area contributed by atoms with E-state index in [1.54, 1.807) is 0 Å². The Morgan fingerprint density at radius 1 is 1.07 bits per heavy atom. The van der Waals surface area contributed by atoms with Crippen LogP contribution in [0.2, 0.25) is 0 Å². The Morgan fingerprint density at radius 3 is 1.93 bits per heavy atom. The summed E-state index contributed by atoms with van der Waals surface area (Å²) in [5.74, 6) is 0. The molecule has 0 bridgehead atoms. The van der Waals surface area contributed by atoms with Gasteiger partial charge in [0.15, 0.2) is 0 Å². The minimum atomic E-state index is 0.197. The molecular weight excluding hydrogens is 186 g/mol. The van der Waals surface area contributed by atoms with Crippen molar-refractivity contribution in [1.29, 1.82) is 0 Å². The first kappa shape index (κ1) is 12.1. The number of likely N-dealkylation sites (N-methyl/N-ethyl adjacent to an activating group) is 1. The molecule has 1 N–H and O–H groups in total. The van der Waals surface area contributed by atoms with E-state index in [4.69, 9.17) is 5.11 Å². The van der Waals surface area contributed by atoms with E-state index in [9.17, 15) is 0 Å². The Morgan fingerprint density at radius 2 is 1.53 bits per heavy atom. The van der Waals surface area contributed by atoms with Crippen LogP contribution in [0.5, 0.6) is 0 Å². The summed E-state index contributed by atoms with van der Waals surface area (Å²) in [7, 11) is 2.03. The summed E-state index contributed by atoms with van der Waals surface area (Å²) < 4.78 is 0. The van der Waals surface area contributed by atoms with E-state index in [-0.39, 0.29) is 6.61 Å². The van der Waals surface area contributed by atoms with Crippen molar-refractivity contribution in [3.63, 3.8) is 0 Å². The SMILES string of the molecule is Cc1cc(C)c(C)c(N(C)CCO)c1C. The van der Waals surface area contributed by atoms with Gasteiger partial charge >= 0.3 is 0 Å². The molecule has 1 aromatic rings. The molecule has 0 radical (unpaired) electrons. The Bertz CT molecular complexity index is 332. The van der Waals surface area contributed by atoms with E-state index in [0.717, 1.165) is 0 Å². The van der Waals surface area contributed by atoms with Crippen LogP contribution in [-0.4, -0.2) is 25.3 Å². The van der Waals surface area contributed by atoms with Crippen molar-refractivity contribution in [3.05, 3.63) is 28.3 Å². The summed E-state index contributed by atoms with van der Waals surface area (Å²) in [6.07, 6.45) is 0. The fourth-order valence-electron chi connectivity index (χ4n) is 2.03. The third kappa shape index (κ3) is 2.32. The number of rotatable bonds is 3. The number of benzene rings is 1. The summed E-state index contributed by atoms with van der Waals surface area (Å²) in [6, 6.07) is 2.22. The Hall–Kier alpha value is -1.02. The molecule has 2 heteroatoms. The predicted octanol–water partition coefficient (Wildman–Crippen LogP) is 2.35. The standard InChI is InChI=1S/C13H21NO/c1-9-8-10(2)12(4)13(11(9)3)14(5)6-7-15/h8,15H,6-7H2,1-5H3. The first-order chi connectivity index (χ1) is 6.99. The van der Waals surface area contributed by atoms with Crippen molar-refractivity contribution in [2.45, 2.75) is 27.7 Å². The zero-order valence-electron chi connectivity index (χ0n) is 10.4. The molecule has 1 rings (SSSR count). The van der Waals surface area contributed by atoms with Gasteiger partial charge in [0.1, 0.15) is 0 Å². The van der Waals surface area contributed by atoms with Crippen LogP contribution in [0.1, 0.15) is 22.3 Å². The van der Waals surface area contributed by atoms with Gasteiger partial charge in [-0.15, -0.1) is 0 Å². The molecule has 0 amide bonds. The Kier molecular flexibility index (Phi) is 3.75. The molecule has 0 fully saturated rings. The van der Waals surface area contributed by atoms with Crippen molar-refractivity contribution in [2.75, 3.05) is 25.1 Å². The largest absolute Gasteiger partial charge is 0.395 e. The van der Waals surface area contributed by atoms with Gasteiger partial charge in [-0.1, -0.05) is 6.07 Å². The van der Waals surface area contributed by atoms with Gasteiger partial charge < -0.3 is 10.0 Å². The number of nitrogens with zero attached hydrogens (tertiary/aromatic N) is 1. The monoisotopic (exact) mass is 207 g/mol. The van der Waals surface area contributed by atoms with Gasteiger partial charge in [0.25, 0.3) is 0 Å². The van der Waals surface area contributed by atoms with Gasteiger partial charge in [-0.2, -0.15) is 0 Å². The second-order valence-electron chi connectivity index (χ2n) is 4.25. The van der Waals surface area contributed by atoms with E-state index < -0.39 is 0 Å². The summed E-state index contributed by atoms with van der Waals surface area (Å²) in [5.41, 5.74) is 6.53. The maximum atomic E-state index is 8.98. The minimum Gasteiger partial charge on any atom is -0.395 e. The van der Waals surface area contributed by atoms with Gasteiger partial charge in [0, 0.05) is 19.3 Å². The lowest BCUT2D eigenvalue weighted by molar-refractivity contribution is 0.304. The maximum absolute atomic E-state index is 8.98. The summed E-state index contributed by atoms with van der Waals surface area (Å²) in [5, 5.41) is 8.98. The third-order valence-electron chi connectivity index (χ3n) is 3.14. The first-order valence-corrected chi connectivity index (χ1v) is 5.38. The number of hydrogen-bond acceptors (Lipinski definition) is 2. The second-order valence-corrected chi connectivity index (χ2v) is 4.25. The molecule has 0 spiro atoms. The van der Waals surface area contributed by atoms with E-state index >= 15 is 0 Å². The topological polar surface area (TPSA) is 23.5 Å². The van der Waals surface area contributed by atoms with Crippen molar-refractivity contribution in [2.24, 2.45) is 0 Å². The van der Waals surface area contributed by atoms with E-state index in [1.807, 2.05) is 7.05 Å². The average molecular weight is 207 g/mol. The van der Waals surface area contributed by atoms with E-state index in [0.29, 0.717) is 6.54 Å². The maximum Gasteiger partial charge on any atom is 0.0606 e. The molecule has 84 valence electrons. The van der Waals surface area contributed by atoms with Crippen LogP contribution in [-0.2, 0) is 0 Å². The number of anilines is 1. The third-order valence-corrected chi connectivity index (χ3v) is 3.14. The highest BCUT2D eigenvalue weighted by atomic mass is 16.3. The second kappa shape index (κ2) is 4.67. The van der Waals surface area contributed by atoms with E-state index in [1.165, 1.54) is 27.9 Å². The lowest BCUT2D eigenvalue weighted by Gasteiger charge is -2.25. The molecule has 1 aromatic carbocycles. The summed E-state index contributed by atoms with van der Waals surface area (Å²) in [4.78, 5) is 2.13. The highest BCUT2D eigenvalue weighted by molar-refractivity contribution is 5.63. The lowest BCUT2D eigenvalue weighted by Crippen LogP contribution is -2.23. The zero-order valence-corrected chi connectivity index (χ0v) is 10.4. The predicted molar refractivity (Wildman–Crippen MR) is 65.7 cm³/mol. The molecule has 0 saturated carbocycles. The van der Waals surface area contributed by atoms with Gasteiger partial charge in [0.05, 0.1) is 6.61 Å². The van der Waals surface area contributed by atoms with Crippen LogP contribution < -0.4 is 4.90 Å². The van der Waals surface area contributed by atoms with Crippen LogP contribution >= 0.6 is 0 Å². The highest BCUT2D eigenvalue weighted by Gasteiger charge is 2.11. The normalized spacial score (nSPS) is 10.5. The molecule has 15 heavy (non-hydrogen) atoms. The summed E-state index contributed by atoms with van der Waals surface area (Å²) >= 11 is 0. The van der Waals surface area contributed by atoms with Crippen LogP contribution in [0.25, 0.3) is 0 Å². The van der Waals surface area contributed by atoms with Crippen LogP contribution in [0.15, 0.2) is 6.07 Å². The fraction of sp³-hybridized carbons (Fsp3) is 0.538.